The lowest BCUT2D eigenvalue weighted by Crippen LogP contribution is -2.13. The number of rotatable bonds is 5. The molecule has 0 aliphatic heterocycles. The van der Waals surface area contributed by atoms with Crippen LogP contribution in [0.1, 0.15) is 11.3 Å². The lowest BCUT2D eigenvalue weighted by molar-refractivity contribution is -0.112. The molecule has 0 saturated heterocycles. The second-order valence-corrected chi connectivity index (χ2v) is 7.22. The molecule has 1 heterocycles. The maximum absolute atomic E-state index is 12.3. The molecule has 0 spiro atoms. The molecular weight excluding hydrogens is 380 g/mol. The number of benzene rings is 2. The highest BCUT2D eigenvalue weighted by atomic mass is 35.5. The molecule has 0 aliphatic carbocycles. The molecule has 6 heteroatoms. The molecule has 0 saturated carbocycles. The summed E-state index contributed by atoms with van der Waals surface area (Å²) in [4.78, 5) is 13.3. The van der Waals surface area contributed by atoms with Crippen molar-refractivity contribution in [1.29, 1.82) is 5.26 Å². The first-order valence-electron chi connectivity index (χ1n) is 8.06. The van der Waals surface area contributed by atoms with Gasteiger partial charge in [-0.2, -0.15) is 5.26 Å². The first kappa shape index (κ1) is 18.8. The Bertz CT molecular complexity index is 1030. The van der Waals surface area contributed by atoms with Gasteiger partial charge in [-0.3, -0.25) is 4.79 Å². The first-order valence-corrected chi connectivity index (χ1v) is 9.26. The van der Waals surface area contributed by atoms with Crippen LogP contribution >= 0.6 is 23.4 Å². The molecule has 0 unspecified atom stereocenters. The van der Waals surface area contributed by atoms with Crippen molar-refractivity contribution in [3.05, 3.63) is 82.6 Å². The summed E-state index contributed by atoms with van der Waals surface area (Å²) in [7, 11) is 0. The van der Waals surface area contributed by atoms with Gasteiger partial charge >= 0.3 is 0 Å². The minimum atomic E-state index is -0.480. The molecule has 4 nitrogen and oxygen atoms in total. The third-order valence-electron chi connectivity index (χ3n) is 3.56. The van der Waals surface area contributed by atoms with Gasteiger partial charge in [0.2, 0.25) is 0 Å². The van der Waals surface area contributed by atoms with Crippen LogP contribution in [-0.2, 0) is 4.79 Å². The maximum Gasteiger partial charge on any atom is 0.266 e. The minimum absolute atomic E-state index is 0.0334. The highest BCUT2D eigenvalue weighted by molar-refractivity contribution is 7.99. The number of furan rings is 1. The number of nitriles is 1. The van der Waals surface area contributed by atoms with Crippen LogP contribution in [0.4, 0.5) is 5.69 Å². The zero-order valence-corrected chi connectivity index (χ0v) is 16.0. The summed E-state index contributed by atoms with van der Waals surface area (Å²) in [6.45, 7) is 1.93. The Balaban J connectivity index is 1.72. The third-order valence-corrected chi connectivity index (χ3v) is 4.74. The maximum atomic E-state index is 12.3. The Kier molecular flexibility index (Phi) is 6.02. The summed E-state index contributed by atoms with van der Waals surface area (Å²) < 4.78 is 5.69. The first-order chi connectivity index (χ1) is 13.0. The number of amides is 1. The van der Waals surface area contributed by atoms with E-state index < -0.39 is 5.91 Å². The Labute approximate surface area is 166 Å². The van der Waals surface area contributed by atoms with Crippen molar-refractivity contribution >= 4 is 41.0 Å². The van der Waals surface area contributed by atoms with E-state index in [0.717, 1.165) is 10.5 Å². The van der Waals surface area contributed by atoms with E-state index in [9.17, 15) is 10.1 Å². The van der Waals surface area contributed by atoms with E-state index in [1.807, 2.05) is 43.3 Å². The van der Waals surface area contributed by atoms with Crippen molar-refractivity contribution in [1.82, 2.24) is 0 Å². The number of aryl methyl sites for hydroxylation is 1. The van der Waals surface area contributed by atoms with Gasteiger partial charge in [-0.15, -0.1) is 0 Å². The predicted octanol–water partition coefficient (Wildman–Crippen LogP) is 5.94. The summed E-state index contributed by atoms with van der Waals surface area (Å²) in [6, 6.07) is 20.2. The largest absolute Gasteiger partial charge is 0.450 e. The van der Waals surface area contributed by atoms with E-state index >= 15 is 0 Å². The Hall–Kier alpha value is -2.94. The molecule has 0 atom stereocenters. The average Bonchev–Trinajstić information content (AvgIpc) is 3.08. The molecular formula is C21H15ClN2O2S. The van der Waals surface area contributed by atoms with E-state index in [0.29, 0.717) is 21.6 Å². The molecule has 2 aromatic carbocycles. The van der Waals surface area contributed by atoms with Crippen LogP contribution in [0, 0.1) is 18.3 Å². The number of halogens is 1. The number of hydrogen-bond acceptors (Lipinski definition) is 4. The van der Waals surface area contributed by atoms with E-state index in [4.69, 9.17) is 16.0 Å². The van der Waals surface area contributed by atoms with E-state index in [2.05, 4.69) is 5.32 Å². The zero-order valence-electron chi connectivity index (χ0n) is 14.4. The van der Waals surface area contributed by atoms with Crippen molar-refractivity contribution in [2.45, 2.75) is 16.9 Å². The van der Waals surface area contributed by atoms with Gasteiger partial charge in [0.1, 0.15) is 17.4 Å². The molecule has 27 heavy (non-hydrogen) atoms. The van der Waals surface area contributed by atoms with Crippen LogP contribution in [0.3, 0.4) is 0 Å². The summed E-state index contributed by atoms with van der Waals surface area (Å²) in [5, 5.41) is 13.4. The predicted molar refractivity (Wildman–Crippen MR) is 108 cm³/mol. The normalized spacial score (nSPS) is 11.1. The number of nitrogens with zero attached hydrogens (tertiary/aromatic N) is 1. The summed E-state index contributed by atoms with van der Waals surface area (Å²) in [5.41, 5.74) is 1.62. The van der Waals surface area contributed by atoms with Crippen LogP contribution in [0.25, 0.3) is 6.08 Å². The fourth-order valence-corrected chi connectivity index (χ4v) is 3.20. The van der Waals surface area contributed by atoms with Gasteiger partial charge in [-0.25, -0.2) is 0 Å². The second-order valence-electron chi connectivity index (χ2n) is 5.71. The summed E-state index contributed by atoms with van der Waals surface area (Å²) in [6.07, 6.45) is 1.43. The highest BCUT2D eigenvalue weighted by Crippen LogP contribution is 2.30. The fourth-order valence-electron chi connectivity index (χ4n) is 2.30. The number of carbonyl (C=O) groups excluding carboxylic acids is 1. The van der Waals surface area contributed by atoms with Crippen LogP contribution in [0.5, 0.6) is 0 Å². The highest BCUT2D eigenvalue weighted by Gasteiger charge is 2.11. The average molecular weight is 395 g/mol. The smallest absolute Gasteiger partial charge is 0.266 e. The lowest BCUT2D eigenvalue weighted by atomic mass is 10.2. The zero-order chi connectivity index (χ0) is 19.2. The molecule has 1 aromatic heterocycles. The number of anilines is 1. The quantitative estimate of drug-likeness (QED) is 0.429. The molecule has 1 N–H and O–H groups in total. The van der Waals surface area contributed by atoms with Crippen molar-refractivity contribution in [2.24, 2.45) is 0 Å². The van der Waals surface area contributed by atoms with Crippen LogP contribution in [0.15, 0.2) is 80.6 Å². The van der Waals surface area contributed by atoms with Gasteiger partial charge in [0, 0.05) is 21.7 Å². The van der Waals surface area contributed by atoms with Crippen molar-refractivity contribution in [2.75, 3.05) is 5.32 Å². The molecule has 3 rings (SSSR count). The number of hydrogen-bond donors (Lipinski definition) is 1. The molecule has 0 radical (unpaired) electrons. The fraction of sp³-hybridized carbons (Fsp3) is 0.0476. The monoisotopic (exact) mass is 394 g/mol. The number of carbonyl (C=O) groups is 1. The molecule has 0 aliphatic rings. The van der Waals surface area contributed by atoms with E-state index in [1.165, 1.54) is 17.8 Å². The van der Waals surface area contributed by atoms with Gasteiger partial charge in [-0.05, 0) is 61.0 Å². The van der Waals surface area contributed by atoms with Crippen molar-refractivity contribution in [3.8, 4) is 6.07 Å². The van der Waals surface area contributed by atoms with Crippen molar-refractivity contribution < 1.29 is 9.21 Å². The van der Waals surface area contributed by atoms with Gasteiger partial charge in [0.25, 0.3) is 5.91 Å². The van der Waals surface area contributed by atoms with Gasteiger partial charge in [-0.1, -0.05) is 35.5 Å². The van der Waals surface area contributed by atoms with Gasteiger partial charge in [0.15, 0.2) is 5.09 Å². The molecule has 0 bridgehead atoms. The molecule has 134 valence electrons. The van der Waals surface area contributed by atoms with Gasteiger partial charge in [0.05, 0.1) is 0 Å². The van der Waals surface area contributed by atoms with Crippen LogP contribution in [-0.4, -0.2) is 5.91 Å². The second kappa shape index (κ2) is 8.63. The van der Waals surface area contributed by atoms with E-state index in [-0.39, 0.29) is 5.57 Å². The van der Waals surface area contributed by atoms with Crippen LogP contribution in [0.2, 0.25) is 5.02 Å². The SMILES string of the molecule is Cc1cccc(NC(=O)/C(C#N)=C/c2ccc(Sc3ccc(Cl)cc3)o2)c1. The number of nitrogens with one attached hydrogen (secondary N) is 1. The third kappa shape index (κ3) is 5.27. The Morgan fingerprint density at radius 1 is 1.19 bits per heavy atom. The Morgan fingerprint density at radius 2 is 1.96 bits per heavy atom. The standard InChI is InChI=1S/C21H15ClN2O2S/c1-14-3-2-4-17(11-14)24-21(25)15(13-23)12-18-7-10-20(26-18)27-19-8-5-16(22)6-9-19/h2-12H,1H3,(H,24,25)/b15-12+. The topological polar surface area (TPSA) is 66.0 Å². The van der Waals surface area contributed by atoms with Crippen LogP contribution < -0.4 is 5.32 Å². The van der Waals surface area contributed by atoms with E-state index in [1.54, 1.807) is 30.3 Å². The van der Waals surface area contributed by atoms with Gasteiger partial charge < -0.3 is 9.73 Å². The molecule has 3 aromatic rings. The minimum Gasteiger partial charge on any atom is -0.450 e. The summed E-state index contributed by atoms with van der Waals surface area (Å²) in [5.74, 6) is -0.0474. The van der Waals surface area contributed by atoms with Crippen molar-refractivity contribution in [3.63, 3.8) is 0 Å². The Morgan fingerprint density at radius 3 is 2.67 bits per heavy atom. The molecule has 1 amide bonds. The lowest BCUT2D eigenvalue weighted by Gasteiger charge is -2.04. The molecule has 0 fully saturated rings. The summed E-state index contributed by atoms with van der Waals surface area (Å²) >= 11 is 7.31.